The van der Waals surface area contributed by atoms with Crippen LogP contribution in [0.4, 0.5) is 10.5 Å². The normalized spacial score (nSPS) is 14.0. The molecule has 0 fully saturated rings. The first-order chi connectivity index (χ1) is 14.5. The molecule has 2 aromatic heterocycles. The first-order valence-electron chi connectivity index (χ1n) is 9.49. The Morgan fingerprint density at radius 2 is 1.87 bits per heavy atom. The summed E-state index contributed by atoms with van der Waals surface area (Å²) in [6.45, 7) is 1.04. The highest BCUT2D eigenvalue weighted by Gasteiger charge is 2.28. The number of hydrogen-bond donors (Lipinski definition) is 2. The second-order valence-electron chi connectivity index (χ2n) is 6.89. The SMILES string of the molecule is O=C(NCc1cccnc1)Nc1ccc(S(=O)(=O)N2CCc3ncccc3C2)cc1. The largest absolute Gasteiger partial charge is 0.334 e. The number of anilines is 1. The molecule has 154 valence electrons. The monoisotopic (exact) mass is 423 g/mol. The standard InChI is InChI=1S/C21H21N5O3S/c27-21(24-14-16-3-1-10-22-13-16)25-18-5-7-19(8-6-18)30(28,29)26-12-9-20-17(15-26)4-2-11-23-20/h1-8,10-11,13H,9,12,14-15H2,(H2,24,25,27). The van der Waals surface area contributed by atoms with Gasteiger partial charge in [0.25, 0.3) is 0 Å². The molecule has 1 aliphatic rings. The van der Waals surface area contributed by atoms with Crippen LogP contribution in [-0.4, -0.2) is 35.3 Å². The second-order valence-corrected chi connectivity index (χ2v) is 8.83. The third kappa shape index (κ3) is 4.47. The zero-order valence-electron chi connectivity index (χ0n) is 16.2. The Morgan fingerprint density at radius 3 is 2.63 bits per heavy atom. The van der Waals surface area contributed by atoms with Crippen molar-refractivity contribution < 1.29 is 13.2 Å². The van der Waals surface area contributed by atoms with Gasteiger partial charge in [0.15, 0.2) is 0 Å². The van der Waals surface area contributed by atoms with Crippen molar-refractivity contribution in [2.75, 3.05) is 11.9 Å². The van der Waals surface area contributed by atoms with Crippen LogP contribution in [0, 0.1) is 0 Å². The van der Waals surface area contributed by atoms with Crippen LogP contribution in [0.25, 0.3) is 0 Å². The molecule has 0 spiro atoms. The lowest BCUT2D eigenvalue weighted by Gasteiger charge is -2.27. The zero-order chi connectivity index (χ0) is 21.0. The molecule has 0 atom stereocenters. The van der Waals surface area contributed by atoms with Gasteiger partial charge in [0.05, 0.1) is 4.90 Å². The average molecular weight is 423 g/mol. The number of hydrogen-bond acceptors (Lipinski definition) is 5. The number of pyridine rings is 2. The minimum Gasteiger partial charge on any atom is -0.334 e. The lowest BCUT2D eigenvalue weighted by Crippen LogP contribution is -2.36. The number of benzene rings is 1. The fraction of sp³-hybridized carbons (Fsp3) is 0.190. The Kier molecular flexibility index (Phi) is 5.73. The smallest absolute Gasteiger partial charge is 0.319 e. The van der Waals surface area contributed by atoms with E-state index in [0.29, 0.717) is 31.7 Å². The summed E-state index contributed by atoms with van der Waals surface area (Å²) in [6, 6.07) is 13.2. The molecule has 2 N–H and O–H groups in total. The first kappa shape index (κ1) is 20.0. The highest BCUT2D eigenvalue weighted by molar-refractivity contribution is 7.89. The average Bonchev–Trinajstić information content (AvgIpc) is 2.78. The molecule has 0 saturated carbocycles. The van der Waals surface area contributed by atoms with Gasteiger partial charge >= 0.3 is 6.03 Å². The van der Waals surface area contributed by atoms with Crippen LogP contribution in [0.3, 0.4) is 0 Å². The minimum absolute atomic E-state index is 0.191. The molecule has 1 aliphatic heterocycles. The maximum absolute atomic E-state index is 13.0. The number of nitrogens with one attached hydrogen (secondary N) is 2. The van der Waals surface area contributed by atoms with Crippen molar-refractivity contribution in [1.29, 1.82) is 0 Å². The molecule has 0 saturated heterocycles. The fourth-order valence-electron chi connectivity index (χ4n) is 3.26. The van der Waals surface area contributed by atoms with Gasteiger partial charge in [-0.05, 0) is 47.5 Å². The number of fused-ring (bicyclic) bond motifs is 1. The van der Waals surface area contributed by atoms with Gasteiger partial charge in [-0.2, -0.15) is 4.31 Å². The molecule has 30 heavy (non-hydrogen) atoms. The fourth-order valence-corrected chi connectivity index (χ4v) is 4.68. The van der Waals surface area contributed by atoms with Crippen molar-refractivity contribution in [3.8, 4) is 0 Å². The number of amides is 2. The summed E-state index contributed by atoms with van der Waals surface area (Å²) < 4.78 is 27.4. The van der Waals surface area contributed by atoms with Gasteiger partial charge in [0.1, 0.15) is 0 Å². The van der Waals surface area contributed by atoms with E-state index >= 15 is 0 Å². The van der Waals surface area contributed by atoms with E-state index in [1.54, 1.807) is 36.8 Å². The summed E-state index contributed by atoms with van der Waals surface area (Å²) in [7, 11) is -3.63. The van der Waals surface area contributed by atoms with Crippen molar-refractivity contribution in [1.82, 2.24) is 19.6 Å². The molecule has 3 aromatic rings. The van der Waals surface area contributed by atoms with Crippen molar-refractivity contribution in [2.24, 2.45) is 0 Å². The van der Waals surface area contributed by atoms with E-state index in [1.165, 1.54) is 16.4 Å². The maximum atomic E-state index is 13.0. The molecular formula is C21H21N5O3S. The lowest BCUT2D eigenvalue weighted by atomic mass is 10.1. The number of rotatable bonds is 5. The Balaban J connectivity index is 1.38. The van der Waals surface area contributed by atoms with Crippen LogP contribution in [-0.2, 0) is 29.5 Å². The molecule has 0 aliphatic carbocycles. The molecule has 0 radical (unpaired) electrons. The first-order valence-corrected chi connectivity index (χ1v) is 10.9. The third-order valence-electron chi connectivity index (χ3n) is 4.86. The van der Waals surface area contributed by atoms with Crippen molar-refractivity contribution in [2.45, 2.75) is 24.4 Å². The van der Waals surface area contributed by atoms with Gasteiger partial charge in [-0.25, -0.2) is 13.2 Å². The zero-order valence-corrected chi connectivity index (χ0v) is 17.0. The van der Waals surface area contributed by atoms with E-state index in [2.05, 4.69) is 20.6 Å². The van der Waals surface area contributed by atoms with Crippen LogP contribution in [0.2, 0.25) is 0 Å². The summed E-state index contributed by atoms with van der Waals surface area (Å²) >= 11 is 0. The number of carbonyl (C=O) groups excluding carboxylic acids is 1. The van der Waals surface area contributed by atoms with Crippen LogP contribution < -0.4 is 10.6 Å². The molecule has 4 rings (SSSR count). The van der Waals surface area contributed by atoms with Crippen LogP contribution in [0.1, 0.15) is 16.8 Å². The minimum atomic E-state index is -3.63. The highest BCUT2D eigenvalue weighted by atomic mass is 32.2. The lowest BCUT2D eigenvalue weighted by molar-refractivity contribution is 0.251. The number of aromatic nitrogens is 2. The van der Waals surface area contributed by atoms with E-state index < -0.39 is 10.0 Å². The Labute approximate surface area is 175 Å². The van der Waals surface area contributed by atoms with Gasteiger partial charge in [0.2, 0.25) is 10.0 Å². The molecule has 2 amide bonds. The van der Waals surface area contributed by atoms with Gasteiger partial charge in [0, 0.05) is 56.0 Å². The quantitative estimate of drug-likeness (QED) is 0.656. The predicted octanol–water partition coefficient (Wildman–Crippen LogP) is 2.55. The number of urea groups is 1. The van der Waals surface area contributed by atoms with E-state index in [-0.39, 0.29) is 10.9 Å². The van der Waals surface area contributed by atoms with Gasteiger partial charge in [-0.15, -0.1) is 0 Å². The van der Waals surface area contributed by atoms with Crippen LogP contribution in [0.5, 0.6) is 0 Å². The molecular weight excluding hydrogens is 402 g/mol. The number of sulfonamides is 1. The molecule has 0 bridgehead atoms. The van der Waals surface area contributed by atoms with Crippen molar-refractivity contribution >= 4 is 21.7 Å². The Hall–Kier alpha value is -3.30. The van der Waals surface area contributed by atoms with Crippen molar-refractivity contribution in [3.05, 3.63) is 83.9 Å². The van der Waals surface area contributed by atoms with Gasteiger partial charge in [-0.1, -0.05) is 12.1 Å². The van der Waals surface area contributed by atoms with Crippen molar-refractivity contribution in [3.63, 3.8) is 0 Å². The maximum Gasteiger partial charge on any atom is 0.319 e. The van der Waals surface area contributed by atoms with E-state index in [9.17, 15) is 13.2 Å². The van der Waals surface area contributed by atoms with Gasteiger partial charge < -0.3 is 10.6 Å². The van der Waals surface area contributed by atoms with E-state index in [4.69, 9.17) is 0 Å². The molecule has 0 unspecified atom stereocenters. The Bertz CT molecular complexity index is 1130. The summed E-state index contributed by atoms with van der Waals surface area (Å²) in [5.41, 5.74) is 3.26. The Morgan fingerprint density at radius 1 is 1.07 bits per heavy atom. The highest BCUT2D eigenvalue weighted by Crippen LogP contribution is 2.24. The summed E-state index contributed by atoms with van der Waals surface area (Å²) in [5, 5.41) is 5.43. The molecule has 1 aromatic carbocycles. The van der Waals surface area contributed by atoms with Gasteiger partial charge in [-0.3, -0.25) is 9.97 Å². The molecule has 8 nitrogen and oxygen atoms in total. The van der Waals surface area contributed by atoms with E-state index in [1.807, 2.05) is 18.2 Å². The van der Waals surface area contributed by atoms with E-state index in [0.717, 1.165) is 16.8 Å². The summed E-state index contributed by atoms with van der Waals surface area (Å²) in [5.74, 6) is 0. The third-order valence-corrected chi connectivity index (χ3v) is 6.71. The number of carbonyl (C=O) groups is 1. The molecule has 3 heterocycles. The summed E-state index contributed by atoms with van der Waals surface area (Å²) in [6.07, 6.45) is 5.65. The van der Waals surface area contributed by atoms with Crippen LogP contribution in [0.15, 0.2) is 72.0 Å². The summed E-state index contributed by atoms with van der Waals surface area (Å²) in [4.78, 5) is 20.6. The number of nitrogens with zero attached hydrogens (tertiary/aromatic N) is 3. The molecule has 9 heteroatoms. The van der Waals surface area contributed by atoms with Crippen LogP contribution >= 0.6 is 0 Å². The predicted molar refractivity (Wildman–Crippen MR) is 112 cm³/mol. The second kappa shape index (κ2) is 8.60. The topological polar surface area (TPSA) is 104 Å².